The van der Waals surface area contributed by atoms with Gasteiger partial charge >= 0.3 is 0 Å². The zero-order valence-electron chi connectivity index (χ0n) is 24.2. The van der Waals surface area contributed by atoms with Gasteiger partial charge in [-0.2, -0.15) is 0 Å². The van der Waals surface area contributed by atoms with Crippen molar-refractivity contribution in [1.82, 2.24) is 10.2 Å². The molecule has 4 rings (SSSR count). The number of sulfonamides is 1. The number of nitrogens with one attached hydrogen (secondary N) is 1. The van der Waals surface area contributed by atoms with Crippen LogP contribution in [0, 0.1) is 6.92 Å². The van der Waals surface area contributed by atoms with E-state index >= 15 is 0 Å². The molecule has 44 heavy (non-hydrogen) atoms. The molecule has 4 aromatic rings. The summed E-state index contributed by atoms with van der Waals surface area (Å²) < 4.78 is 29.2. The average Bonchev–Trinajstić information content (AvgIpc) is 3.00. The van der Waals surface area contributed by atoms with E-state index in [4.69, 9.17) is 34.8 Å². The Bertz CT molecular complexity index is 1720. The van der Waals surface area contributed by atoms with Gasteiger partial charge in [-0.25, -0.2) is 8.42 Å². The first-order chi connectivity index (χ1) is 21.0. The van der Waals surface area contributed by atoms with Crippen molar-refractivity contribution >= 4 is 62.3 Å². The first-order valence-electron chi connectivity index (χ1n) is 13.9. The Morgan fingerprint density at radius 3 is 2.16 bits per heavy atom. The smallest absolute Gasteiger partial charge is 0.264 e. The van der Waals surface area contributed by atoms with E-state index in [-0.39, 0.29) is 39.5 Å². The number of hydrogen-bond donors (Lipinski definition) is 1. The highest BCUT2D eigenvalue weighted by molar-refractivity contribution is 7.92. The summed E-state index contributed by atoms with van der Waals surface area (Å²) >= 11 is 19.3. The van der Waals surface area contributed by atoms with Crippen LogP contribution >= 0.6 is 34.8 Å². The van der Waals surface area contributed by atoms with Crippen molar-refractivity contribution < 1.29 is 18.0 Å². The van der Waals surface area contributed by atoms with Crippen LogP contribution in [0.25, 0.3) is 0 Å². The molecule has 0 unspecified atom stereocenters. The maximum absolute atomic E-state index is 14.4. The molecule has 4 aromatic carbocycles. The highest BCUT2D eigenvalue weighted by atomic mass is 35.5. The summed E-state index contributed by atoms with van der Waals surface area (Å²) in [6.45, 7) is 3.26. The zero-order valence-corrected chi connectivity index (χ0v) is 27.3. The number of nitrogens with zero attached hydrogens (tertiary/aromatic N) is 2. The molecular weight excluding hydrogens is 641 g/mol. The fourth-order valence-electron chi connectivity index (χ4n) is 4.68. The third kappa shape index (κ3) is 8.12. The van der Waals surface area contributed by atoms with Gasteiger partial charge in [0.15, 0.2) is 0 Å². The number of aryl methyl sites for hydroxylation is 1. The predicted molar refractivity (Wildman–Crippen MR) is 177 cm³/mol. The van der Waals surface area contributed by atoms with Crippen LogP contribution in [0.5, 0.6) is 0 Å². The van der Waals surface area contributed by atoms with Crippen molar-refractivity contribution in [3.63, 3.8) is 0 Å². The van der Waals surface area contributed by atoms with Crippen LogP contribution < -0.4 is 9.62 Å². The molecule has 2 amide bonds. The Morgan fingerprint density at radius 2 is 1.50 bits per heavy atom. The van der Waals surface area contributed by atoms with Crippen molar-refractivity contribution in [1.29, 1.82) is 0 Å². The fourth-order valence-corrected chi connectivity index (χ4v) is 6.74. The van der Waals surface area contributed by atoms with E-state index in [0.717, 1.165) is 15.4 Å². The Labute approximate surface area is 273 Å². The van der Waals surface area contributed by atoms with Gasteiger partial charge in [0.1, 0.15) is 12.6 Å². The summed E-state index contributed by atoms with van der Waals surface area (Å²) in [4.78, 5) is 29.3. The van der Waals surface area contributed by atoms with Gasteiger partial charge in [0.2, 0.25) is 11.8 Å². The quantitative estimate of drug-likeness (QED) is 0.177. The van der Waals surface area contributed by atoms with E-state index in [1.54, 1.807) is 43.3 Å². The molecule has 7 nitrogen and oxygen atoms in total. The van der Waals surface area contributed by atoms with E-state index in [9.17, 15) is 18.0 Å². The third-order valence-electron chi connectivity index (χ3n) is 6.99. The second-order valence-electron chi connectivity index (χ2n) is 10.1. The van der Waals surface area contributed by atoms with Gasteiger partial charge in [-0.15, -0.1) is 0 Å². The van der Waals surface area contributed by atoms with Crippen molar-refractivity contribution in [2.24, 2.45) is 0 Å². The molecule has 0 aliphatic carbocycles. The normalized spacial score (nSPS) is 11.9. The molecule has 0 bridgehead atoms. The zero-order chi connectivity index (χ0) is 31.9. The van der Waals surface area contributed by atoms with Crippen molar-refractivity contribution in [3.8, 4) is 0 Å². The Morgan fingerprint density at radius 1 is 0.841 bits per heavy atom. The minimum absolute atomic E-state index is 0.0309. The van der Waals surface area contributed by atoms with Crippen LogP contribution in [-0.2, 0) is 32.6 Å². The van der Waals surface area contributed by atoms with Crippen LogP contribution in [0.4, 0.5) is 5.69 Å². The number of rotatable bonds is 12. The van der Waals surface area contributed by atoms with Gasteiger partial charge in [0.05, 0.1) is 15.6 Å². The average molecular weight is 673 g/mol. The summed E-state index contributed by atoms with van der Waals surface area (Å²) in [6, 6.07) is 26.0. The van der Waals surface area contributed by atoms with E-state index in [1.807, 2.05) is 37.3 Å². The van der Waals surface area contributed by atoms with Crippen LogP contribution in [0.2, 0.25) is 15.1 Å². The molecule has 0 fully saturated rings. The number of carbonyl (C=O) groups is 2. The molecule has 0 saturated heterocycles. The molecule has 0 aliphatic rings. The van der Waals surface area contributed by atoms with Gasteiger partial charge in [0, 0.05) is 29.6 Å². The summed E-state index contributed by atoms with van der Waals surface area (Å²) in [5, 5.41) is 3.55. The fraction of sp³-hybridized carbons (Fsp3) is 0.212. The molecule has 1 atom stereocenters. The summed E-state index contributed by atoms with van der Waals surface area (Å²) in [5.74, 6) is -1.02. The second kappa shape index (κ2) is 14.9. The standard InChI is InChI=1S/C33H32Cl3N3O4S/c1-3-37-33(41)31(19-24-9-5-4-6-10-24)38(21-25-11-7-8-12-28(25)35)32(40)22-39(30-20-26(34)15-18-29(30)36)44(42,43)27-16-13-23(2)14-17-27/h4-18,20,31H,3,19,21-22H2,1-2H3,(H,37,41)/t31-/m0/s1. The summed E-state index contributed by atoms with van der Waals surface area (Å²) in [6.07, 6.45) is 0.186. The highest BCUT2D eigenvalue weighted by Crippen LogP contribution is 2.33. The predicted octanol–water partition coefficient (Wildman–Crippen LogP) is 6.93. The molecule has 0 aromatic heterocycles. The first-order valence-corrected chi connectivity index (χ1v) is 16.5. The number of benzene rings is 4. The molecule has 1 N–H and O–H groups in total. The number of hydrogen-bond acceptors (Lipinski definition) is 4. The van der Waals surface area contributed by atoms with Gasteiger partial charge in [-0.05, 0) is 61.4 Å². The molecule has 0 heterocycles. The molecule has 0 aliphatic heterocycles. The van der Waals surface area contributed by atoms with Crippen LogP contribution in [0.15, 0.2) is 102 Å². The number of halogens is 3. The van der Waals surface area contributed by atoms with E-state index < -0.39 is 28.5 Å². The van der Waals surface area contributed by atoms with Crippen molar-refractivity contribution in [2.75, 3.05) is 17.4 Å². The van der Waals surface area contributed by atoms with Crippen LogP contribution in [0.3, 0.4) is 0 Å². The summed E-state index contributed by atoms with van der Waals surface area (Å²) in [7, 11) is -4.32. The van der Waals surface area contributed by atoms with Crippen molar-refractivity contribution in [2.45, 2.75) is 37.8 Å². The molecule has 230 valence electrons. The van der Waals surface area contributed by atoms with Gasteiger partial charge < -0.3 is 10.2 Å². The SMILES string of the molecule is CCNC(=O)[C@H](Cc1ccccc1)N(Cc1ccccc1Cl)C(=O)CN(c1cc(Cl)ccc1Cl)S(=O)(=O)c1ccc(C)cc1. The lowest BCUT2D eigenvalue weighted by molar-refractivity contribution is -0.140. The third-order valence-corrected chi connectivity index (χ3v) is 9.68. The molecule has 0 radical (unpaired) electrons. The van der Waals surface area contributed by atoms with Gasteiger partial charge in [-0.3, -0.25) is 13.9 Å². The lowest BCUT2D eigenvalue weighted by Gasteiger charge is -2.34. The van der Waals surface area contributed by atoms with E-state index in [2.05, 4.69) is 5.32 Å². The maximum Gasteiger partial charge on any atom is 0.264 e. The molecular formula is C33H32Cl3N3O4S. The van der Waals surface area contributed by atoms with Crippen LogP contribution in [-0.4, -0.2) is 44.3 Å². The molecule has 11 heteroatoms. The highest BCUT2D eigenvalue weighted by Gasteiger charge is 2.35. The first kappa shape index (κ1) is 33.3. The monoisotopic (exact) mass is 671 g/mol. The maximum atomic E-state index is 14.4. The molecule has 0 saturated carbocycles. The Hall–Kier alpha value is -3.56. The molecule has 0 spiro atoms. The number of carbonyl (C=O) groups excluding carboxylic acids is 2. The Balaban J connectivity index is 1.83. The minimum Gasteiger partial charge on any atom is -0.355 e. The number of likely N-dealkylation sites (N-methyl/N-ethyl adjacent to an activating group) is 1. The number of anilines is 1. The largest absolute Gasteiger partial charge is 0.355 e. The lowest BCUT2D eigenvalue weighted by atomic mass is 10.0. The van der Waals surface area contributed by atoms with Crippen molar-refractivity contribution in [3.05, 3.63) is 129 Å². The van der Waals surface area contributed by atoms with E-state index in [0.29, 0.717) is 17.1 Å². The minimum atomic E-state index is -4.32. The second-order valence-corrected chi connectivity index (χ2v) is 13.2. The van der Waals surface area contributed by atoms with E-state index in [1.165, 1.54) is 35.2 Å². The lowest BCUT2D eigenvalue weighted by Crippen LogP contribution is -2.53. The summed E-state index contributed by atoms with van der Waals surface area (Å²) in [5.41, 5.74) is 2.31. The van der Waals surface area contributed by atoms with Crippen LogP contribution in [0.1, 0.15) is 23.6 Å². The van der Waals surface area contributed by atoms with Gasteiger partial charge in [0.25, 0.3) is 10.0 Å². The topological polar surface area (TPSA) is 86.8 Å². The number of amides is 2. The van der Waals surface area contributed by atoms with Gasteiger partial charge in [-0.1, -0.05) is 101 Å². The Kier molecular flexibility index (Phi) is 11.3.